The number of benzene rings is 2. The summed E-state index contributed by atoms with van der Waals surface area (Å²) in [5, 5.41) is 20.0. The summed E-state index contributed by atoms with van der Waals surface area (Å²) in [6.45, 7) is 3.98. The Morgan fingerprint density at radius 3 is 2.66 bits per heavy atom. The fourth-order valence-electron chi connectivity index (χ4n) is 3.85. The van der Waals surface area contributed by atoms with Crippen molar-refractivity contribution >= 4 is 33.3 Å². The number of aromatic nitrogens is 2. The number of phenolic OH excluding ortho intramolecular Hbond substituents is 1. The summed E-state index contributed by atoms with van der Waals surface area (Å²) in [6, 6.07) is 10.7. The van der Waals surface area contributed by atoms with Crippen molar-refractivity contribution < 1.29 is 19.1 Å². The van der Waals surface area contributed by atoms with Gasteiger partial charge in [0.25, 0.3) is 5.91 Å². The molecule has 0 unspecified atom stereocenters. The highest BCUT2D eigenvalue weighted by Crippen LogP contribution is 2.44. The van der Waals surface area contributed by atoms with Gasteiger partial charge in [-0.05, 0) is 29.8 Å². The summed E-state index contributed by atoms with van der Waals surface area (Å²) in [7, 11) is 1.44. The first-order valence-electron chi connectivity index (χ1n) is 10.00. The smallest absolute Gasteiger partial charge is 0.297 e. The second-order valence-corrected chi connectivity index (χ2v) is 8.74. The molecule has 9 heteroatoms. The van der Waals surface area contributed by atoms with Crippen LogP contribution in [0.4, 0.5) is 5.13 Å². The van der Waals surface area contributed by atoms with E-state index in [2.05, 4.69) is 10.2 Å². The number of amides is 1. The van der Waals surface area contributed by atoms with Crippen LogP contribution < -0.4 is 15.1 Å². The van der Waals surface area contributed by atoms with Gasteiger partial charge in [0, 0.05) is 5.92 Å². The van der Waals surface area contributed by atoms with Crippen LogP contribution in [0, 0.1) is 0 Å². The van der Waals surface area contributed by atoms with Gasteiger partial charge in [-0.15, -0.1) is 10.2 Å². The van der Waals surface area contributed by atoms with Crippen molar-refractivity contribution in [1.82, 2.24) is 10.2 Å². The third-order valence-electron chi connectivity index (χ3n) is 5.43. The average Bonchev–Trinajstić information content (AvgIpc) is 3.38. The predicted octanol–water partition coefficient (Wildman–Crippen LogP) is 4.23. The normalized spacial score (nSPS) is 15.6. The number of fused-ring (bicyclic) bond motifs is 2. The van der Waals surface area contributed by atoms with E-state index in [0.717, 1.165) is 5.01 Å². The second kappa shape index (κ2) is 7.45. The number of hydrogen-bond acceptors (Lipinski definition) is 8. The number of methoxy groups -OCH3 is 1. The van der Waals surface area contributed by atoms with Gasteiger partial charge in [-0.2, -0.15) is 0 Å². The molecule has 5 rings (SSSR count). The van der Waals surface area contributed by atoms with Gasteiger partial charge in [-0.25, -0.2) is 0 Å². The predicted molar refractivity (Wildman–Crippen MR) is 120 cm³/mol. The summed E-state index contributed by atoms with van der Waals surface area (Å²) in [5.74, 6) is -0.168. The highest BCUT2D eigenvalue weighted by atomic mass is 32.1. The number of hydrogen-bond donors (Lipinski definition) is 1. The summed E-state index contributed by atoms with van der Waals surface area (Å²) >= 11 is 1.29. The molecular weight excluding hydrogens is 430 g/mol. The van der Waals surface area contributed by atoms with E-state index in [4.69, 9.17) is 9.15 Å². The lowest BCUT2D eigenvalue weighted by Gasteiger charge is -2.22. The topological polar surface area (TPSA) is 106 Å². The number of para-hydroxylation sites is 1. The van der Waals surface area contributed by atoms with Crippen LogP contribution in [-0.4, -0.2) is 28.3 Å². The van der Waals surface area contributed by atoms with E-state index < -0.39 is 11.9 Å². The number of aromatic hydroxyl groups is 1. The number of ether oxygens (including phenoxy) is 1. The second-order valence-electron chi connectivity index (χ2n) is 7.76. The maximum absolute atomic E-state index is 13.5. The van der Waals surface area contributed by atoms with Crippen LogP contribution in [0.3, 0.4) is 0 Å². The molecule has 2 aromatic carbocycles. The zero-order valence-corrected chi connectivity index (χ0v) is 18.3. The standard InChI is InChI=1S/C23H19N3O5S/c1-11(2)21-24-25-23(32-21)26-18(12-8-9-14(27)16(10-12)30-3)17-19(28)13-6-4-5-7-15(13)31-20(17)22(26)29/h4-11,18,27H,1-3H3/t18-/m1/s1. The maximum atomic E-state index is 13.5. The molecule has 2 aromatic heterocycles. The Balaban J connectivity index is 1.79. The molecule has 4 aromatic rings. The largest absolute Gasteiger partial charge is 0.504 e. The van der Waals surface area contributed by atoms with Gasteiger partial charge < -0.3 is 14.3 Å². The van der Waals surface area contributed by atoms with E-state index in [-0.39, 0.29) is 34.2 Å². The number of carbonyl (C=O) groups is 1. The number of phenols is 1. The molecule has 0 saturated carbocycles. The van der Waals surface area contributed by atoms with Gasteiger partial charge in [0.15, 0.2) is 16.9 Å². The van der Waals surface area contributed by atoms with Crippen LogP contribution in [0.25, 0.3) is 11.0 Å². The molecule has 0 saturated heterocycles. The van der Waals surface area contributed by atoms with Crippen molar-refractivity contribution in [3.05, 3.63) is 74.6 Å². The first kappa shape index (κ1) is 20.2. The van der Waals surface area contributed by atoms with E-state index in [1.807, 2.05) is 13.8 Å². The van der Waals surface area contributed by atoms with Gasteiger partial charge in [0.05, 0.1) is 24.1 Å². The fourth-order valence-corrected chi connectivity index (χ4v) is 4.73. The molecule has 1 aliphatic rings. The van der Waals surface area contributed by atoms with Crippen molar-refractivity contribution in [1.29, 1.82) is 0 Å². The number of nitrogens with zero attached hydrogens (tertiary/aromatic N) is 3. The summed E-state index contributed by atoms with van der Waals surface area (Å²) in [5.41, 5.74) is 0.857. The van der Waals surface area contributed by atoms with Crippen LogP contribution in [0.1, 0.15) is 52.5 Å². The Morgan fingerprint density at radius 1 is 1.16 bits per heavy atom. The van der Waals surface area contributed by atoms with E-state index in [9.17, 15) is 14.7 Å². The van der Waals surface area contributed by atoms with E-state index in [1.165, 1.54) is 29.4 Å². The summed E-state index contributed by atoms with van der Waals surface area (Å²) < 4.78 is 11.2. The Labute approximate surface area is 186 Å². The molecular formula is C23H19N3O5S. The molecule has 0 aliphatic carbocycles. The van der Waals surface area contributed by atoms with Crippen LogP contribution in [0.15, 0.2) is 51.7 Å². The highest BCUT2D eigenvalue weighted by Gasteiger charge is 2.45. The van der Waals surface area contributed by atoms with Gasteiger partial charge in [-0.1, -0.05) is 43.4 Å². The molecule has 32 heavy (non-hydrogen) atoms. The maximum Gasteiger partial charge on any atom is 0.297 e. The lowest BCUT2D eigenvalue weighted by Crippen LogP contribution is -2.29. The van der Waals surface area contributed by atoms with Gasteiger partial charge in [0.1, 0.15) is 10.6 Å². The monoisotopic (exact) mass is 449 g/mol. The Bertz CT molecular complexity index is 1420. The van der Waals surface area contributed by atoms with Crippen LogP contribution in [0.2, 0.25) is 0 Å². The van der Waals surface area contributed by atoms with E-state index >= 15 is 0 Å². The molecule has 0 bridgehead atoms. The zero-order valence-electron chi connectivity index (χ0n) is 17.5. The molecule has 0 fully saturated rings. The van der Waals surface area contributed by atoms with E-state index in [0.29, 0.717) is 21.7 Å². The number of carbonyl (C=O) groups excluding carboxylic acids is 1. The number of anilines is 1. The molecule has 1 N–H and O–H groups in total. The van der Waals surface area contributed by atoms with Crippen molar-refractivity contribution in [3.63, 3.8) is 0 Å². The van der Waals surface area contributed by atoms with Crippen LogP contribution in [0.5, 0.6) is 11.5 Å². The van der Waals surface area contributed by atoms with Crippen molar-refractivity contribution in [2.45, 2.75) is 25.8 Å². The minimum Gasteiger partial charge on any atom is -0.504 e. The third kappa shape index (κ3) is 2.96. The first-order chi connectivity index (χ1) is 15.4. The van der Waals surface area contributed by atoms with Gasteiger partial charge in [-0.3, -0.25) is 14.5 Å². The minimum absolute atomic E-state index is 0.0213. The molecule has 1 atom stereocenters. The molecule has 162 valence electrons. The lowest BCUT2D eigenvalue weighted by atomic mass is 9.98. The summed E-state index contributed by atoms with van der Waals surface area (Å²) in [4.78, 5) is 28.5. The highest BCUT2D eigenvalue weighted by molar-refractivity contribution is 7.15. The van der Waals surface area contributed by atoms with Crippen LogP contribution in [-0.2, 0) is 0 Å². The summed E-state index contributed by atoms with van der Waals surface area (Å²) in [6.07, 6.45) is 0. The van der Waals surface area contributed by atoms with Crippen molar-refractivity contribution in [2.75, 3.05) is 12.0 Å². The van der Waals surface area contributed by atoms with Crippen molar-refractivity contribution in [2.24, 2.45) is 0 Å². The molecule has 0 spiro atoms. The average molecular weight is 449 g/mol. The Hall–Kier alpha value is -3.72. The Morgan fingerprint density at radius 2 is 1.94 bits per heavy atom. The van der Waals surface area contributed by atoms with Crippen molar-refractivity contribution in [3.8, 4) is 11.5 Å². The first-order valence-corrected chi connectivity index (χ1v) is 10.8. The minimum atomic E-state index is -0.805. The van der Waals surface area contributed by atoms with E-state index in [1.54, 1.807) is 36.4 Å². The quantitative estimate of drug-likeness (QED) is 0.497. The Kier molecular flexibility index (Phi) is 4.70. The molecule has 1 amide bonds. The number of rotatable bonds is 4. The fraction of sp³-hybridized carbons (Fsp3) is 0.217. The molecule has 1 aliphatic heterocycles. The van der Waals surface area contributed by atoms with Gasteiger partial charge in [0.2, 0.25) is 10.9 Å². The lowest BCUT2D eigenvalue weighted by molar-refractivity contribution is 0.0970. The van der Waals surface area contributed by atoms with Gasteiger partial charge >= 0.3 is 0 Å². The zero-order chi connectivity index (χ0) is 22.6. The van der Waals surface area contributed by atoms with Crippen LogP contribution >= 0.6 is 11.3 Å². The molecule has 0 radical (unpaired) electrons. The molecule has 3 heterocycles. The SMILES string of the molecule is COc1cc([C@@H]2c3c(oc4ccccc4c3=O)C(=O)N2c2nnc(C(C)C)s2)ccc1O. The third-order valence-corrected chi connectivity index (χ3v) is 6.65. The molecule has 8 nitrogen and oxygen atoms in total.